The van der Waals surface area contributed by atoms with Gasteiger partial charge in [0.25, 0.3) is 0 Å². The first-order valence-electron chi connectivity index (χ1n) is 16.4. The topological polar surface area (TPSA) is 135 Å². The van der Waals surface area contributed by atoms with Crippen molar-refractivity contribution in [2.24, 2.45) is 23.7 Å². The number of hydrogen-bond donors (Lipinski definition) is 4. The molecule has 4 N–H and O–H groups in total. The van der Waals surface area contributed by atoms with Gasteiger partial charge >= 0.3 is 5.97 Å². The summed E-state index contributed by atoms with van der Waals surface area (Å²) in [6.45, 7) is 7.99. The summed E-state index contributed by atoms with van der Waals surface area (Å²) < 4.78 is 22.5. The molecule has 0 amide bonds. The zero-order chi connectivity index (χ0) is 33.4. The van der Waals surface area contributed by atoms with Gasteiger partial charge in [0.15, 0.2) is 0 Å². The van der Waals surface area contributed by atoms with Crippen molar-refractivity contribution in [3.63, 3.8) is 0 Å². The Kier molecular flexibility index (Phi) is 18.0. The van der Waals surface area contributed by atoms with E-state index in [1.165, 1.54) is 0 Å². The molecule has 9 heteroatoms. The summed E-state index contributed by atoms with van der Waals surface area (Å²) in [5, 5.41) is 43.7. The number of carbonyl (C=O) groups is 1. The maximum atomic E-state index is 13.0. The molecule has 0 saturated heterocycles. The smallest absolute Gasteiger partial charge is 0.308 e. The number of aliphatic hydroxyl groups excluding tert-OH is 4. The Morgan fingerprint density at radius 1 is 0.933 bits per heavy atom. The lowest BCUT2D eigenvalue weighted by Crippen LogP contribution is -2.42. The van der Waals surface area contributed by atoms with Gasteiger partial charge in [-0.15, -0.1) is 0 Å². The molecule has 0 bridgehead atoms. The van der Waals surface area contributed by atoms with Crippen LogP contribution < -0.4 is 4.74 Å². The quantitative estimate of drug-likeness (QED) is 0.277. The van der Waals surface area contributed by atoms with Crippen LogP contribution in [-0.4, -0.2) is 83.8 Å². The molecule has 0 fully saturated rings. The van der Waals surface area contributed by atoms with Crippen LogP contribution in [0, 0.1) is 23.7 Å². The van der Waals surface area contributed by atoms with Crippen molar-refractivity contribution in [1.29, 1.82) is 0 Å². The highest BCUT2D eigenvalue weighted by atomic mass is 16.5. The number of allylic oxidation sites excluding steroid dienone is 3. The van der Waals surface area contributed by atoms with Crippen LogP contribution in [0.25, 0.3) is 0 Å². The van der Waals surface area contributed by atoms with Crippen LogP contribution in [0.2, 0.25) is 0 Å². The van der Waals surface area contributed by atoms with Gasteiger partial charge in [0, 0.05) is 31.3 Å². The third-order valence-electron chi connectivity index (χ3n) is 9.13. The van der Waals surface area contributed by atoms with E-state index in [0.29, 0.717) is 26.1 Å². The first kappa shape index (κ1) is 38.9. The lowest BCUT2D eigenvalue weighted by molar-refractivity contribution is -0.155. The Balaban J connectivity index is 2.08. The molecular formula is C36H58O9. The van der Waals surface area contributed by atoms with Crippen molar-refractivity contribution in [3.8, 4) is 5.75 Å². The molecule has 1 heterocycles. The standard InChI is InChI=1S/C36H58O9/c1-24-12-9-7-8-10-13-29(42-5)14-11-15-31(45-34(39)21-33(38)26(3)36(41)27(4)35(24)40)20-32(37)25(2)22-44-23-28-16-18-30(43-6)19-17-28/h7-10,16-19,24-27,29,31-33,35-38,40-41H,11-15,20-23H2,1-6H3/b9-7+,10-8-/t24-,25+,26+,27-,29+,31+,32-,33+,35+,36-/m0/s1. The van der Waals surface area contributed by atoms with Crippen LogP contribution in [0.4, 0.5) is 0 Å². The third kappa shape index (κ3) is 13.9. The monoisotopic (exact) mass is 634 g/mol. The van der Waals surface area contributed by atoms with Crippen LogP contribution >= 0.6 is 0 Å². The van der Waals surface area contributed by atoms with Crippen LogP contribution in [0.5, 0.6) is 5.75 Å². The van der Waals surface area contributed by atoms with E-state index in [0.717, 1.165) is 30.6 Å². The van der Waals surface area contributed by atoms with Gasteiger partial charge in [0.2, 0.25) is 0 Å². The minimum Gasteiger partial charge on any atom is -0.497 e. The first-order valence-corrected chi connectivity index (χ1v) is 16.4. The zero-order valence-electron chi connectivity index (χ0n) is 28.1. The fraction of sp³-hybridized carbons (Fsp3) is 0.694. The number of esters is 1. The van der Waals surface area contributed by atoms with Crippen molar-refractivity contribution in [2.45, 2.75) is 116 Å². The van der Waals surface area contributed by atoms with Gasteiger partial charge in [-0.05, 0) is 55.7 Å². The van der Waals surface area contributed by atoms with Crippen LogP contribution in [0.1, 0.15) is 78.2 Å². The highest BCUT2D eigenvalue weighted by molar-refractivity contribution is 5.70. The van der Waals surface area contributed by atoms with Crippen molar-refractivity contribution in [2.75, 3.05) is 20.8 Å². The Morgan fingerprint density at radius 3 is 2.24 bits per heavy atom. The molecule has 256 valence electrons. The molecule has 45 heavy (non-hydrogen) atoms. The van der Waals surface area contributed by atoms with Gasteiger partial charge in [0.1, 0.15) is 11.9 Å². The third-order valence-corrected chi connectivity index (χ3v) is 9.13. The molecule has 0 aliphatic carbocycles. The molecule has 1 aromatic carbocycles. The van der Waals surface area contributed by atoms with Gasteiger partial charge in [-0.2, -0.15) is 0 Å². The van der Waals surface area contributed by atoms with Crippen molar-refractivity contribution in [3.05, 3.63) is 54.1 Å². The van der Waals surface area contributed by atoms with Crippen LogP contribution in [0.3, 0.4) is 0 Å². The van der Waals surface area contributed by atoms with Gasteiger partial charge in [-0.3, -0.25) is 4.79 Å². The van der Waals surface area contributed by atoms with Gasteiger partial charge < -0.3 is 39.4 Å². The van der Waals surface area contributed by atoms with E-state index in [1.807, 2.05) is 56.3 Å². The number of ether oxygens (including phenoxy) is 4. The molecule has 0 unspecified atom stereocenters. The molecular weight excluding hydrogens is 576 g/mol. The summed E-state index contributed by atoms with van der Waals surface area (Å²) in [5.74, 6) is -1.29. The van der Waals surface area contributed by atoms with Crippen LogP contribution in [0.15, 0.2) is 48.6 Å². The number of carbonyl (C=O) groups excluding carboxylic acids is 1. The van der Waals surface area contributed by atoms with E-state index in [1.54, 1.807) is 28.1 Å². The predicted octanol–water partition coefficient (Wildman–Crippen LogP) is 4.98. The molecule has 0 saturated carbocycles. The Labute approximate surface area is 270 Å². The lowest BCUT2D eigenvalue weighted by Gasteiger charge is -2.33. The summed E-state index contributed by atoms with van der Waals surface area (Å²) in [7, 11) is 3.30. The van der Waals surface area contributed by atoms with Gasteiger partial charge in [-0.25, -0.2) is 0 Å². The number of aliphatic hydroxyl groups is 4. The second-order valence-corrected chi connectivity index (χ2v) is 12.8. The average molecular weight is 635 g/mol. The molecule has 9 nitrogen and oxygen atoms in total. The van der Waals surface area contributed by atoms with Gasteiger partial charge in [-0.1, -0.05) is 64.1 Å². The fourth-order valence-corrected chi connectivity index (χ4v) is 5.66. The normalized spacial score (nSPS) is 32.5. The number of rotatable bonds is 9. The largest absolute Gasteiger partial charge is 0.497 e. The number of benzene rings is 1. The van der Waals surface area contributed by atoms with E-state index >= 15 is 0 Å². The average Bonchev–Trinajstić information content (AvgIpc) is 3.03. The highest BCUT2D eigenvalue weighted by Gasteiger charge is 2.34. The Bertz CT molecular complexity index is 1010. The highest BCUT2D eigenvalue weighted by Crippen LogP contribution is 2.27. The summed E-state index contributed by atoms with van der Waals surface area (Å²) in [6.07, 6.45) is 7.00. The minimum atomic E-state index is -1.15. The lowest BCUT2D eigenvalue weighted by atomic mass is 9.81. The molecule has 1 aliphatic rings. The molecule has 10 atom stereocenters. The zero-order valence-corrected chi connectivity index (χ0v) is 28.1. The van der Waals surface area contributed by atoms with Crippen molar-refractivity contribution in [1.82, 2.24) is 0 Å². The molecule has 0 spiro atoms. The van der Waals surface area contributed by atoms with E-state index < -0.39 is 48.3 Å². The number of methoxy groups -OCH3 is 2. The molecule has 0 aromatic heterocycles. The molecule has 1 aromatic rings. The predicted molar refractivity (Wildman–Crippen MR) is 175 cm³/mol. The number of hydrogen-bond acceptors (Lipinski definition) is 9. The van der Waals surface area contributed by atoms with Crippen LogP contribution in [-0.2, 0) is 25.6 Å². The Hall–Kier alpha value is -2.27. The minimum absolute atomic E-state index is 0.00226. The SMILES string of the molecule is COc1ccc(COC[C@@H](C)[C@@H](O)C[C@H]2CCC[C@H](OC)C/C=C\C=C\C[C@H](C)[C@@H](O)[C@H](C)[C@@H](O)[C@H](C)[C@H](O)CC(=O)O2)cc1. The summed E-state index contributed by atoms with van der Waals surface area (Å²) in [6, 6.07) is 7.61. The first-order chi connectivity index (χ1) is 21.5. The maximum absolute atomic E-state index is 13.0. The van der Waals surface area contributed by atoms with E-state index in [-0.39, 0.29) is 30.8 Å². The fourth-order valence-electron chi connectivity index (χ4n) is 5.66. The van der Waals surface area contributed by atoms with Crippen molar-refractivity contribution >= 4 is 5.97 Å². The Morgan fingerprint density at radius 2 is 1.60 bits per heavy atom. The summed E-state index contributed by atoms with van der Waals surface area (Å²) >= 11 is 0. The molecule has 1 aliphatic heterocycles. The second kappa shape index (κ2) is 20.8. The van der Waals surface area contributed by atoms with Crippen molar-refractivity contribution < 1.29 is 44.2 Å². The van der Waals surface area contributed by atoms with E-state index in [4.69, 9.17) is 18.9 Å². The molecule has 2 rings (SSSR count). The summed E-state index contributed by atoms with van der Waals surface area (Å²) in [4.78, 5) is 13.0. The maximum Gasteiger partial charge on any atom is 0.308 e. The van der Waals surface area contributed by atoms with E-state index in [2.05, 4.69) is 6.08 Å². The van der Waals surface area contributed by atoms with Gasteiger partial charge in [0.05, 0.1) is 57.3 Å². The number of cyclic esters (lactones) is 1. The van der Waals surface area contributed by atoms with E-state index in [9.17, 15) is 25.2 Å². The molecule has 0 radical (unpaired) electrons. The summed E-state index contributed by atoms with van der Waals surface area (Å²) in [5.41, 5.74) is 0.997. The second-order valence-electron chi connectivity index (χ2n) is 12.8.